The molecule has 0 heterocycles. The predicted molar refractivity (Wildman–Crippen MR) is 98.3 cm³/mol. The highest BCUT2D eigenvalue weighted by Crippen LogP contribution is 2.11. The summed E-state index contributed by atoms with van der Waals surface area (Å²) >= 11 is 0. The van der Waals surface area contributed by atoms with Crippen LogP contribution >= 0.6 is 0 Å². The molecular weight excluding hydrogens is 316 g/mol. The zero-order valence-electron chi connectivity index (χ0n) is 15.6. The maximum Gasteiger partial charge on any atom is 0.394 e. The molecule has 0 saturated carbocycles. The molecule has 0 aromatic rings. The van der Waals surface area contributed by atoms with Crippen LogP contribution in [0.3, 0.4) is 0 Å². The van der Waals surface area contributed by atoms with Crippen LogP contribution in [0.2, 0.25) is 0 Å². The summed E-state index contributed by atoms with van der Waals surface area (Å²) in [4.78, 5) is 0. The predicted octanol–water partition coefficient (Wildman–Crippen LogP) is 5.44. The number of rotatable bonds is 11. The van der Waals surface area contributed by atoms with Gasteiger partial charge in [-0.15, -0.1) is 0 Å². The molecule has 3 N–H and O–H groups in total. The first-order chi connectivity index (χ1) is 10.6. The van der Waals surface area contributed by atoms with Gasteiger partial charge in [0.2, 0.25) is 0 Å². The summed E-state index contributed by atoms with van der Waals surface area (Å²) in [6.07, 6.45) is 17.3. The van der Waals surface area contributed by atoms with Crippen molar-refractivity contribution < 1.29 is 22.6 Å². The largest absolute Gasteiger partial charge is 0.394 e. The van der Waals surface area contributed by atoms with Gasteiger partial charge in [0.25, 0.3) is 0 Å². The number of aliphatic hydroxyl groups excluding tert-OH is 1. The fraction of sp³-hybridized carbons (Fsp3) is 1.00. The lowest BCUT2D eigenvalue weighted by atomic mass is 10.1. The van der Waals surface area contributed by atoms with Crippen molar-refractivity contribution in [3.8, 4) is 0 Å². The highest BCUT2D eigenvalue weighted by Gasteiger charge is 1.91. The summed E-state index contributed by atoms with van der Waals surface area (Å²) in [7, 11) is -4.67. The smallest absolute Gasteiger partial charge is 0.394 e. The Morgan fingerprint density at radius 3 is 0.913 bits per heavy atom. The van der Waals surface area contributed by atoms with E-state index in [1.54, 1.807) is 13.8 Å². The van der Waals surface area contributed by atoms with Gasteiger partial charge in [0.15, 0.2) is 0 Å². The molecule has 0 radical (unpaired) electrons. The van der Waals surface area contributed by atoms with E-state index in [-0.39, 0.29) is 6.10 Å². The van der Waals surface area contributed by atoms with Gasteiger partial charge in [-0.05, 0) is 13.8 Å². The van der Waals surface area contributed by atoms with Crippen LogP contribution in [0.25, 0.3) is 0 Å². The summed E-state index contributed by atoms with van der Waals surface area (Å²) < 4.78 is 31.6. The standard InChI is InChI=1S/C14H30.C3H8O.H2O4S/c1-3-5-7-9-11-13-14-12-10-8-6-4-2;1-3(2)4;1-5(2,3)4/h3-14H2,1-2H3;3-4H,1-2H3;(H2,1,2,3,4). The monoisotopic (exact) mass is 356 g/mol. The number of unbranched alkanes of at least 4 members (excludes halogenated alkanes) is 11. The lowest BCUT2D eigenvalue weighted by molar-refractivity contribution is 0.216. The lowest BCUT2D eigenvalue weighted by Gasteiger charge is -2.01. The quantitative estimate of drug-likeness (QED) is 0.338. The van der Waals surface area contributed by atoms with E-state index in [2.05, 4.69) is 13.8 Å². The zero-order chi connectivity index (χ0) is 18.6. The van der Waals surface area contributed by atoms with Crippen LogP contribution < -0.4 is 0 Å². The summed E-state index contributed by atoms with van der Waals surface area (Å²) in [5, 5.41) is 8.06. The number of hydrogen-bond donors (Lipinski definition) is 3. The molecule has 144 valence electrons. The van der Waals surface area contributed by atoms with Crippen molar-refractivity contribution in [1.29, 1.82) is 0 Å². The minimum absolute atomic E-state index is 0.167. The summed E-state index contributed by atoms with van der Waals surface area (Å²) in [6, 6.07) is 0. The minimum Gasteiger partial charge on any atom is -0.394 e. The van der Waals surface area contributed by atoms with E-state index < -0.39 is 10.4 Å². The Bertz CT molecular complexity index is 267. The molecule has 0 aromatic heterocycles. The molecule has 0 saturated heterocycles. The molecule has 0 aromatic carbocycles. The van der Waals surface area contributed by atoms with Crippen LogP contribution in [-0.4, -0.2) is 28.7 Å². The summed E-state index contributed by atoms with van der Waals surface area (Å²) in [5.41, 5.74) is 0. The molecule has 6 heteroatoms. The second kappa shape index (κ2) is 21.8. The molecule has 0 unspecified atom stereocenters. The summed E-state index contributed by atoms with van der Waals surface area (Å²) in [5.74, 6) is 0. The molecule has 0 aliphatic heterocycles. The minimum atomic E-state index is -4.67. The van der Waals surface area contributed by atoms with Gasteiger partial charge in [0.05, 0.1) is 0 Å². The normalized spacial score (nSPS) is 10.6. The van der Waals surface area contributed by atoms with Crippen molar-refractivity contribution >= 4 is 10.4 Å². The highest BCUT2D eigenvalue weighted by molar-refractivity contribution is 7.79. The molecule has 0 aliphatic carbocycles. The van der Waals surface area contributed by atoms with E-state index in [1.807, 2.05) is 0 Å². The molecule has 0 amide bonds. The average Bonchev–Trinajstić information content (AvgIpc) is 2.38. The van der Waals surface area contributed by atoms with Gasteiger partial charge in [-0.1, -0.05) is 90.9 Å². The molecule has 23 heavy (non-hydrogen) atoms. The maximum absolute atomic E-state index is 8.74. The lowest BCUT2D eigenvalue weighted by Crippen LogP contribution is -1.89. The molecule has 5 nitrogen and oxygen atoms in total. The third kappa shape index (κ3) is 73.2. The Morgan fingerprint density at radius 2 is 0.783 bits per heavy atom. The van der Waals surface area contributed by atoms with Gasteiger partial charge < -0.3 is 5.11 Å². The van der Waals surface area contributed by atoms with E-state index in [0.29, 0.717) is 0 Å². The van der Waals surface area contributed by atoms with Crippen molar-refractivity contribution in [2.45, 2.75) is 111 Å². The fourth-order valence-electron chi connectivity index (χ4n) is 1.91. The number of aliphatic hydroxyl groups is 1. The van der Waals surface area contributed by atoms with Crippen molar-refractivity contribution in [1.82, 2.24) is 0 Å². The SMILES string of the molecule is CC(C)O.CCCCCCCCCCCCCC.O=S(=O)(O)O. The maximum atomic E-state index is 8.74. The first-order valence-corrected chi connectivity index (χ1v) is 10.4. The van der Waals surface area contributed by atoms with E-state index in [9.17, 15) is 0 Å². The average molecular weight is 357 g/mol. The second-order valence-corrected chi connectivity index (χ2v) is 6.97. The zero-order valence-corrected chi connectivity index (χ0v) is 16.4. The molecule has 0 fully saturated rings. The Morgan fingerprint density at radius 1 is 0.652 bits per heavy atom. The van der Waals surface area contributed by atoms with Gasteiger partial charge in [-0.2, -0.15) is 8.42 Å². The first kappa shape index (κ1) is 27.7. The second-order valence-electron chi connectivity index (χ2n) is 6.08. The van der Waals surface area contributed by atoms with Crippen LogP contribution in [-0.2, 0) is 10.4 Å². The number of hydrogen-bond acceptors (Lipinski definition) is 3. The third-order valence-corrected chi connectivity index (χ3v) is 2.96. The van der Waals surface area contributed by atoms with Gasteiger partial charge in [0.1, 0.15) is 0 Å². The molecule has 0 aliphatic rings. The summed E-state index contributed by atoms with van der Waals surface area (Å²) in [6.45, 7) is 8.02. The van der Waals surface area contributed by atoms with Crippen LogP contribution in [0.15, 0.2) is 0 Å². The third-order valence-electron chi connectivity index (χ3n) is 2.96. The van der Waals surface area contributed by atoms with E-state index in [4.69, 9.17) is 22.6 Å². The van der Waals surface area contributed by atoms with Gasteiger partial charge in [0, 0.05) is 6.10 Å². The van der Waals surface area contributed by atoms with Crippen LogP contribution in [0.5, 0.6) is 0 Å². The van der Waals surface area contributed by atoms with Crippen molar-refractivity contribution in [2.24, 2.45) is 0 Å². The van der Waals surface area contributed by atoms with E-state index >= 15 is 0 Å². The molecule has 0 rings (SSSR count). The van der Waals surface area contributed by atoms with Crippen LogP contribution in [0, 0.1) is 0 Å². The Hall–Kier alpha value is -0.170. The van der Waals surface area contributed by atoms with Crippen molar-refractivity contribution in [2.75, 3.05) is 0 Å². The van der Waals surface area contributed by atoms with E-state index in [0.717, 1.165) is 0 Å². The Labute approximate surface area is 144 Å². The molecular formula is C17H40O5S. The van der Waals surface area contributed by atoms with Gasteiger partial charge in [-0.3, -0.25) is 9.11 Å². The fourth-order valence-corrected chi connectivity index (χ4v) is 1.91. The molecule has 0 bridgehead atoms. The van der Waals surface area contributed by atoms with Gasteiger partial charge in [-0.25, -0.2) is 0 Å². The van der Waals surface area contributed by atoms with E-state index in [1.165, 1.54) is 77.0 Å². The topological polar surface area (TPSA) is 94.8 Å². The molecule has 0 spiro atoms. The Kier molecular flexibility index (Phi) is 26.3. The van der Waals surface area contributed by atoms with Crippen molar-refractivity contribution in [3.63, 3.8) is 0 Å². The van der Waals surface area contributed by atoms with Gasteiger partial charge >= 0.3 is 10.4 Å². The first-order valence-electron chi connectivity index (χ1n) is 9.03. The highest BCUT2D eigenvalue weighted by atomic mass is 32.3. The Balaban J connectivity index is -0.000000365. The van der Waals surface area contributed by atoms with Crippen LogP contribution in [0.4, 0.5) is 0 Å². The van der Waals surface area contributed by atoms with Crippen LogP contribution in [0.1, 0.15) is 105 Å². The van der Waals surface area contributed by atoms with Crippen molar-refractivity contribution in [3.05, 3.63) is 0 Å². The molecule has 0 atom stereocenters.